The molecule has 0 spiro atoms. The summed E-state index contributed by atoms with van der Waals surface area (Å²) in [5.74, 6) is -2.50. The standard InChI is InChI=1S/C19H18FNO4/c20-17-11-14(19(23)24)6-7-16(17)18(22)21-8-9-25-12-15(21)10-13-4-2-1-3-5-13/h1-7,11,15H,8-10,12H2,(H,23,24)/t15-/m0/s1. The van der Waals surface area contributed by atoms with Crippen LogP contribution in [-0.4, -0.2) is 47.7 Å². The zero-order chi connectivity index (χ0) is 17.8. The van der Waals surface area contributed by atoms with Crippen molar-refractivity contribution in [3.63, 3.8) is 0 Å². The van der Waals surface area contributed by atoms with E-state index in [0.29, 0.717) is 26.2 Å². The highest BCUT2D eigenvalue weighted by molar-refractivity contribution is 5.96. The minimum atomic E-state index is -1.23. The fraction of sp³-hybridized carbons (Fsp3) is 0.263. The fourth-order valence-electron chi connectivity index (χ4n) is 2.95. The Morgan fingerprint density at radius 3 is 2.64 bits per heavy atom. The Bertz CT molecular complexity index is 778. The molecule has 0 radical (unpaired) electrons. The first kappa shape index (κ1) is 17.1. The number of morpholine rings is 1. The van der Waals surface area contributed by atoms with Crippen molar-refractivity contribution in [2.24, 2.45) is 0 Å². The number of nitrogens with zero attached hydrogens (tertiary/aromatic N) is 1. The number of carbonyl (C=O) groups excluding carboxylic acids is 1. The molecule has 0 bridgehead atoms. The molecule has 0 aliphatic carbocycles. The second-order valence-corrected chi connectivity index (χ2v) is 5.92. The van der Waals surface area contributed by atoms with Gasteiger partial charge in [0.25, 0.3) is 5.91 Å². The van der Waals surface area contributed by atoms with Crippen LogP contribution < -0.4 is 0 Å². The van der Waals surface area contributed by atoms with Crippen molar-refractivity contribution in [3.8, 4) is 0 Å². The number of carboxylic acid groups (broad SMARTS) is 1. The highest BCUT2D eigenvalue weighted by atomic mass is 19.1. The molecule has 1 heterocycles. The summed E-state index contributed by atoms with van der Waals surface area (Å²) in [7, 11) is 0. The van der Waals surface area contributed by atoms with E-state index in [1.165, 1.54) is 12.1 Å². The molecule has 2 aromatic rings. The van der Waals surface area contributed by atoms with Gasteiger partial charge in [-0.15, -0.1) is 0 Å². The van der Waals surface area contributed by atoms with E-state index in [-0.39, 0.29) is 17.2 Å². The molecule has 0 aromatic heterocycles. The maximum Gasteiger partial charge on any atom is 0.335 e. The van der Waals surface area contributed by atoms with Crippen LogP contribution in [0.4, 0.5) is 4.39 Å². The van der Waals surface area contributed by atoms with E-state index in [1.54, 1.807) is 4.90 Å². The van der Waals surface area contributed by atoms with Crippen LogP contribution >= 0.6 is 0 Å². The summed E-state index contributed by atoms with van der Waals surface area (Å²) in [6.07, 6.45) is 0.613. The molecule has 1 aliphatic heterocycles. The molecule has 1 saturated heterocycles. The molecule has 1 atom stereocenters. The number of carboxylic acids is 1. The molecule has 0 saturated carbocycles. The maximum atomic E-state index is 14.2. The molecule has 2 aromatic carbocycles. The van der Waals surface area contributed by atoms with E-state index in [2.05, 4.69) is 0 Å². The van der Waals surface area contributed by atoms with Gasteiger partial charge in [-0.25, -0.2) is 9.18 Å². The Hall–Kier alpha value is -2.73. The summed E-state index contributed by atoms with van der Waals surface area (Å²) >= 11 is 0. The Morgan fingerprint density at radius 2 is 1.96 bits per heavy atom. The number of aromatic carboxylic acids is 1. The Kier molecular flexibility index (Phi) is 5.09. The van der Waals surface area contributed by atoms with Gasteiger partial charge >= 0.3 is 5.97 Å². The second kappa shape index (κ2) is 7.44. The number of carbonyl (C=O) groups is 2. The first-order chi connectivity index (χ1) is 12.1. The summed E-state index contributed by atoms with van der Waals surface area (Å²) < 4.78 is 19.7. The largest absolute Gasteiger partial charge is 0.478 e. The lowest BCUT2D eigenvalue weighted by Crippen LogP contribution is -2.50. The summed E-state index contributed by atoms with van der Waals surface area (Å²) in [5, 5.41) is 8.92. The monoisotopic (exact) mass is 343 g/mol. The zero-order valence-corrected chi connectivity index (χ0v) is 13.5. The highest BCUT2D eigenvalue weighted by Gasteiger charge is 2.29. The molecule has 1 N–H and O–H groups in total. The minimum Gasteiger partial charge on any atom is -0.478 e. The van der Waals surface area contributed by atoms with Gasteiger partial charge in [-0.3, -0.25) is 4.79 Å². The molecular weight excluding hydrogens is 325 g/mol. The number of halogens is 1. The van der Waals surface area contributed by atoms with Gasteiger partial charge in [0.1, 0.15) is 5.82 Å². The van der Waals surface area contributed by atoms with Gasteiger partial charge in [0.05, 0.1) is 30.4 Å². The van der Waals surface area contributed by atoms with E-state index in [1.807, 2.05) is 30.3 Å². The predicted molar refractivity (Wildman–Crippen MR) is 89.1 cm³/mol. The zero-order valence-electron chi connectivity index (χ0n) is 13.5. The maximum absolute atomic E-state index is 14.2. The van der Waals surface area contributed by atoms with Gasteiger partial charge in [-0.1, -0.05) is 30.3 Å². The smallest absolute Gasteiger partial charge is 0.335 e. The van der Waals surface area contributed by atoms with Crippen LogP contribution in [0.3, 0.4) is 0 Å². The Labute approximate surface area is 144 Å². The molecular formula is C19H18FNO4. The third-order valence-corrected chi connectivity index (χ3v) is 4.25. The van der Waals surface area contributed by atoms with Crippen LogP contribution in [0.5, 0.6) is 0 Å². The summed E-state index contributed by atoms with van der Waals surface area (Å²) in [4.78, 5) is 25.3. The van der Waals surface area contributed by atoms with Gasteiger partial charge in [0, 0.05) is 6.54 Å². The minimum absolute atomic E-state index is 0.120. The fourth-order valence-corrected chi connectivity index (χ4v) is 2.95. The van der Waals surface area contributed by atoms with Crippen LogP contribution in [0.2, 0.25) is 0 Å². The molecule has 25 heavy (non-hydrogen) atoms. The van der Waals surface area contributed by atoms with E-state index in [0.717, 1.165) is 11.6 Å². The van der Waals surface area contributed by atoms with Gasteiger partial charge in [-0.2, -0.15) is 0 Å². The number of ether oxygens (including phenoxy) is 1. The average molecular weight is 343 g/mol. The normalized spacial score (nSPS) is 17.3. The van der Waals surface area contributed by atoms with Crippen molar-refractivity contribution in [1.29, 1.82) is 0 Å². The first-order valence-corrected chi connectivity index (χ1v) is 8.01. The van der Waals surface area contributed by atoms with Crippen LogP contribution in [0.1, 0.15) is 26.3 Å². The number of hydrogen-bond acceptors (Lipinski definition) is 3. The van der Waals surface area contributed by atoms with Gasteiger partial charge in [0.2, 0.25) is 0 Å². The number of hydrogen-bond donors (Lipinski definition) is 1. The first-order valence-electron chi connectivity index (χ1n) is 8.01. The molecule has 1 fully saturated rings. The van der Waals surface area contributed by atoms with Crippen LogP contribution in [0, 0.1) is 5.82 Å². The molecule has 1 aliphatic rings. The van der Waals surface area contributed by atoms with E-state index >= 15 is 0 Å². The van der Waals surface area contributed by atoms with Crippen LogP contribution in [0.25, 0.3) is 0 Å². The predicted octanol–water partition coefficient (Wildman–Crippen LogP) is 2.61. The topological polar surface area (TPSA) is 66.8 Å². The number of rotatable bonds is 4. The van der Waals surface area contributed by atoms with Crippen molar-refractivity contribution in [1.82, 2.24) is 4.90 Å². The van der Waals surface area contributed by atoms with E-state index in [4.69, 9.17) is 9.84 Å². The lowest BCUT2D eigenvalue weighted by atomic mass is 10.0. The molecule has 5 nitrogen and oxygen atoms in total. The summed E-state index contributed by atoms with van der Waals surface area (Å²) in [6, 6.07) is 12.9. The molecule has 1 amide bonds. The summed E-state index contributed by atoms with van der Waals surface area (Å²) in [6.45, 7) is 1.15. The number of amides is 1. The number of benzene rings is 2. The second-order valence-electron chi connectivity index (χ2n) is 5.92. The van der Waals surface area contributed by atoms with Crippen molar-refractivity contribution >= 4 is 11.9 Å². The van der Waals surface area contributed by atoms with Crippen LogP contribution in [-0.2, 0) is 11.2 Å². The third-order valence-electron chi connectivity index (χ3n) is 4.25. The summed E-state index contributed by atoms with van der Waals surface area (Å²) in [5.41, 5.74) is 0.763. The Balaban J connectivity index is 1.82. The molecule has 130 valence electrons. The Morgan fingerprint density at radius 1 is 1.20 bits per heavy atom. The van der Waals surface area contributed by atoms with Gasteiger partial charge < -0.3 is 14.7 Å². The van der Waals surface area contributed by atoms with Crippen molar-refractivity contribution < 1.29 is 23.8 Å². The molecule has 6 heteroatoms. The van der Waals surface area contributed by atoms with Crippen molar-refractivity contribution in [2.45, 2.75) is 12.5 Å². The quantitative estimate of drug-likeness (QED) is 0.927. The van der Waals surface area contributed by atoms with Gasteiger partial charge in [0.15, 0.2) is 0 Å². The van der Waals surface area contributed by atoms with Crippen molar-refractivity contribution in [3.05, 3.63) is 71.0 Å². The highest BCUT2D eigenvalue weighted by Crippen LogP contribution is 2.19. The third kappa shape index (κ3) is 3.85. The lowest BCUT2D eigenvalue weighted by molar-refractivity contribution is -0.00188. The van der Waals surface area contributed by atoms with E-state index < -0.39 is 17.7 Å². The lowest BCUT2D eigenvalue weighted by Gasteiger charge is -2.36. The van der Waals surface area contributed by atoms with E-state index in [9.17, 15) is 14.0 Å². The molecule has 0 unspecified atom stereocenters. The SMILES string of the molecule is O=C(O)c1ccc(C(=O)N2CCOC[C@@H]2Cc2ccccc2)c(F)c1. The molecule has 3 rings (SSSR count). The van der Waals surface area contributed by atoms with Crippen LogP contribution in [0.15, 0.2) is 48.5 Å². The van der Waals surface area contributed by atoms with Gasteiger partial charge in [-0.05, 0) is 30.2 Å². The van der Waals surface area contributed by atoms with Crippen molar-refractivity contribution in [2.75, 3.05) is 19.8 Å². The average Bonchev–Trinajstić information content (AvgIpc) is 2.62.